The van der Waals surface area contributed by atoms with Gasteiger partial charge in [0, 0.05) is 17.0 Å². The molecule has 2 aromatic heterocycles. The lowest BCUT2D eigenvalue weighted by atomic mass is 10.1. The van der Waals surface area contributed by atoms with E-state index in [1.54, 1.807) is 11.6 Å². The molecule has 7 heteroatoms. The van der Waals surface area contributed by atoms with Gasteiger partial charge in [0.25, 0.3) is 5.91 Å². The van der Waals surface area contributed by atoms with Gasteiger partial charge in [-0.25, -0.2) is 9.97 Å². The second-order valence-electron chi connectivity index (χ2n) is 4.78. The highest BCUT2D eigenvalue weighted by Crippen LogP contribution is 2.23. The van der Waals surface area contributed by atoms with Crippen LogP contribution in [0.2, 0.25) is 0 Å². The van der Waals surface area contributed by atoms with Crippen LogP contribution in [0, 0.1) is 0 Å². The monoisotopic (exact) mass is 296 g/mol. The predicted octanol–water partition coefficient (Wildman–Crippen LogP) is 2.28. The maximum atomic E-state index is 12.2. The minimum Gasteiger partial charge on any atom is -0.339 e. The van der Waals surface area contributed by atoms with Crippen molar-refractivity contribution in [3.63, 3.8) is 0 Å². The Morgan fingerprint density at radius 2 is 2.21 bits per heavy atom. The minimum atomic E-state index is -0.511. The van der Waals surface area contributed by atoms with E-state index < -0.39 is 5.54 Å². The number of thiazole rings is 2. The summed E-state index contributed by atoms with van der Waals surface area (Å²) in [6.07, 6.45) is 1.73. The van der Waals surface area contributed by atoms with Crippen LogP contribution in [-0.4, -0.2) is 15.9 Å². The summed E-state index contributed by atoms with van der Waals surface area (Å²) in [6.45, 7) is 5.69. The first-order valence-electron chi connectivity index (χ1n) is 5.83. The summed E-state index contributed by atoms with van der Waals surface area (Å²) in [5, 5.41) is 8.18. The fourth-order valence-electron chi connectivity index (χ4n) is 1.53. The molecule has 0 aliphatic rings. The molecule has 2 aromatic rings. The van der Waals surface area contributed by atoms with Crippen LogP contribution in [-0.2, 0) is 5.54 Å². The molecular weight excluding hydrogens is 280 g/mol. The molecule has 1 atom stereocenters. The number of carbonyl (C=O) groups excluding carboxylic acids is 1. The summed E-state index contributed by atoms with van der Waals surface area (Å²) >= 11 is 2.91. The van der Waals surface area contributed by atoms with E-state index in [1.807, 2.05) is 26.2 Å². The Kier molecular flexibility index (Phi) is 3.98. The highest BCUT2D eigenvalue weighted by Gasteiger charge is 2.27. The van der Waals surface area contributed by atoms with Gasteiger partial charge in [-0.05, 0) is 20.8 Å². The average Bonchev–Trinajstić information content (AvgIpc) is 3.00. The van der Waals surface area contributed by atoms with Gasteiger partial charge >= 0.3 is 0 Å². The lowest BCUT2D eigenvalue weighted by molar-refractivity contribution is 0.0907. The Morgan fingerprint density at radius 3 is 2.74 bits per heavy atom. The van der Waals surface area contributed by atoms with Crippen LogP contribution in [0.4, 0.5) is 0 Å². The van der Waals surface area contributed by atoms with Gasteiger partial charge in [0.05, 0.1) is 11.6 Å². The molecular formula is C12H16N4OS2. The van der Waals surface area contributed by atoms with Crippen molar-refractivity contribution in [2.24, 2.45) is 5.73 Å². The van der Waals surface area contributed by atoms with Crippen molar-refractivity contribution in [2.45, 2.75) is 32.4 Å². The fraction of sp³-hybridized carbons (Fsp3) is 0.417. The normalized spacial score (nSPS) is 13.3. The van der Waals surface area contributed by atoms with Crippen molar-refractivity contribution >= 4 is 28.6 Å². The van der Waals surface area contributed by atoms with Crippen molar-refractivity contribution in [2.75, 3.05) is 0 Å². The molecule has 0 fully saturated rings. The second-order valence-corrected chi connectivity index (χ2v) is 6.56. The SMILES string of the molecule is CC(N)c1nc(C(=O)NC(C)(C)c2nccs2)cs1. The second kappa shape index (κ2) is 5.36. The molecule has 102 valence electrons. The van der Waals surface area contributed by atoms with Gasteiger partial charge in [-0.15, -0.1) is 22.7 Å². The van der Waals surface area contributed by atoms with Crippen molar-refractivity contribution in [3.05, 3.63) is 32.7 Å². The number of nitrogens with zero attached hydrogens (tertiary/aromatic N) is 2. The Labute approximate surface area is 119 Å². The van der Waals surface area contributed by atoms with Crippen molar-refractivity contribution in [3.8, 4) is 0 Å². The van der Waals surface area contributed by atoms with Gasteiger partial charge in [0.2, 0.25) is 0 Å². The van der Waals surface area contributed by atoms with Crippen molar-refractivity contribution in [1.82, 2.24) is 15.3 Å². The molecule has 0 bridgehead atoms. The summed E-state index contributed by atoms with van der Waals surface area (Å²) in [5.74, 6) is -0.205. The molecule has 0 spiro atoms. The number of rotatable bonds is 4. The number of nitrogens with one attached hydrogen (secondary N) is 1. The van der Waals surface area contributed by atoms with Crippen LogP contribution < -0.4 is 11.1 Å². The number of amides is 1. The fourth-order valence-corrected chi connectivity index (χ4v) is 3.01. The Hall–Kier alpha value is -1.31. The van der Waals surface area contributed by atoms with Gasteiger partial charge in [0.15, 0.2) is 0 Å². The quantitative estimate of drug-likeness (QED) is 0.907. The first kappa shape index (κ1) is 14.1. The highest BCUT2D eigenvalue weighted by molar-refractivity contribution is 7.10. The minimum absolute atomic E-state index is 0.154. The lowest BCUT2D eigenvalue weighted by Gasteiger charge is -2.23. The van der Waals surface area contributed by atoms with E-state index in [2.05, 4.69) is 15.3 Å². The molecule has 0 aromatic carbocycles. The number of hydrogen-bond acceptors (Lipinski definition) is 6. The largest absolute Gasteiger partial charge is 0.339 e. The molecule has 5 nitrogen and oxygen atoms in total. The number of aromatic nitrogens is 2. The van der Waals surface area contributed by atoms with E-state index >= 15 is 0 Å². The van der Waals surface area contributed by atoms with Crippen LogP contribution in [0.3, 0.4) is 0 Å². The third-order valence-corrected chi connectivity index (χ3v) is 4.68. The molecule has 0 aliphatic heterocycles. The number of hydrogen-bond donors (Lipinski definition) is 2. The van der Waals surface area contributed by atoms with Crippen LogP contribution in [0.25, 0.3) is 0 Å². The van der Waals surface area contributed by atoms with Crippen LogP contribution in [0.15, 0.2) is 17.0 Å². The smallest absolute Gasteiger partial charge is 0.271 e. The third-order valence-electron chi connectivity index (χ3n) is 2.54. The van der Waals surface area contributed by atoms with Gasteiger partial charge in [-0.3, -0.25) is 4.79 Å². The molecule has 2 heterocycles. The zero-order valence-electron chi connectivity index (χ0n) is 11.0. The highest BCUT2D eigenvalue weighted by atomic mass is 32.1. The summed E-state index contributed by atoms with van der Waals surface area (Å²) < 4.78 is 0. The summed E-state index contributed by atoms with van der Waals surface area (Å²) in [7, 11) is 0. The van der Waals surface area contributed by atoms with Crippen molar-refractivity contribution in [1.29, 1.82) is 0 Å². The molecule has 0 saturated carbocycles. The summed E-state index contributed by atoms with van der Waals surface area (Å²) in [6, 6.07) is -0.154. The molecule has 0 saturated heterocycles. The van der Waals surface area contributed by atoms with E-state index in [-0.39, 0.29) is 11.9 Å². The predicted molar refractivity (Wildman–Crippen MR) is 77.3 cm³/mol. The molecule has 1 amide bonds. The third kappa shape index (κ3) is 3.17. The zero-order valence-corrected chi connectivity index (χ0v) is 12.6. The Morgan fingerprint density at radius 1 is 1.47 bits per heavy atom. The molecule has 0 aliphatic carbocycles. The molecule has 1 unspecified atom stereocenters. The van der Waals surface area contributed by atoms with E-state index in [9.17, 15) is 4.79 Å². The summed E-state index contributed by atoms with van der Waals surface area (Å²) in [4.78, 5) is 20.6. The van der Waals surface area contributed by atoms with Crippen LogP contribution >= 0.6 is 22.7 Å². The van der Waals surface area contributed by atoms with E-state index in [1.165, 1.54) is 22.7 Å². The van der Waals surface area contributed by atoms with Crippen LogP contribution in [0.1, 0.15) is 47.3 Å². The van der Waals surface area contributed by atoms with Crippen LogP contribution in [0.5, 0.6) is 0 Å². The summed E-state index contributed by atoms with van der Waals surface area (Å²) in [5.41, 5.74) is 5.63. The zero-order chi connectivity index (χ0) is 14.0. The standard InChI is InChI=1S/C12H16N4OS2/c1-7(13)10-15-8(6-19-10)9(17)16-12(2,3)11-14-4-5-18-11/h4-7H,13H2,1-3H3,(H,16,17). The maximum Gasteiger partial charge on any atom is 0.271 e. The number of nitrogens with two attached hydrogens (primary N) is 1. The Bertz CT molecular complexity index is 560. The average molecular weight is 296 g/mol. The van der Waals surface area contributed by atoms with Gasteiger partial charge in [-0.1, -0.05) is 0 Å². The van der Waals surface area contributed by atoms with Gasteiger partial charge < -0.3 is 11.1 Å². The number of carbonyl (C=O) groups is 1. The first-order valence-corrected chi connectivity index (χ1v) is 7.59. The van der Waals surface area contributed by atoms with Crippen molar-refractivity contribution < 1.29 is 4.79 Å². The molecule has 0 radical (unpaired) electrons. The molecule has 2 rings (SSSR count). The maximum absolute atomic E-state index is 12.2. The van der Waals surface area contributed by atoms with Gasteiger partial charge in [-0.2, -0.15) is 0 Å². The Balaban J connectivity index is 2.12. The topological polar surface area (TPSA) is 80.9 Å². The van der Waals surface area contributed by atoms with E-state index in [0.717, 1.165) is 10.0 Å². The first-order chi connectivity index (χ1) is 8.90. The van der Waals surface area contributed by atoms with E-state index in [0.29, 0.717) is 5.69 Å². The lowest BCUT2D eigenvalue weighted by Crippen LogP contribution is -2.41. The van der Waals surface area contributed by atoms with Gasteiger partial charge in [0.1, 0.15) is 15.7 Å². The molecule has 3 N–H and O–H groups in total. The molecule has 19 heavy (non-hydrogen) atoms. The van der Waals surface area contributed by atoms with E-state index in [4.69, 9.17) is 5.73 Å².